The lowest BCUT2D eigenvalue weighted by atomic mass is 10.1. The SMILES string of the molecule is O=C(O)CC(NC(=O)C(CS)NC(=O)C(CC(=O)O)NC(=O)C1CCCN1)C(=O)O. The molecule has 1 rings (SSSR count). The van der Waals surface area contributed by atoms with E-state index in [4.69, 9.17) is 15.3 Å². The predicted octanol–water partition coefficient (Wildman–Crippen LogP) is -2.84. The van der Waals surface area contributed by atoms with Crippen LogP contribution in [0.4, 0.5) is 0 Å². The number of aliphatic carboxylic acids is 3. The smallest absolute Gasteiger partial charge is 0.326 e. The van der Waals surface area contributed by atoms with E-state index in [1.54, 1.807) is 0 Å². The van der Waals surface area contributed by atoms with Gasteiger partial charge in [0.2, 0.25) is 17.7 Å². The first-order valence-electron chi connectivity index (χ1n) is 8.96. The number of amides is 3. The molecule has 1 saturated heterocycles. The standard InChI is InChI=1S/C16H24N4O9S/c21-11(22)4-8(18-13(25)7-2-1-3-17-7)14(26)20-10(6-30)15(27)19-9(16(28)29)5-12(23)24/h7-10,17,30H,1-6H2,(H,18,25)(H,19,27)(H,20,26)(H,21,22)(H,23,24)(H,28,29). The lowest BCUT2D eigenvalue weighted by Gasteiger charge is -2.23. The number of carboxylic acids is 3. The second-order valence-electron chi connectivity index (χ2n) is 6.55. The molecule has 1 fully saturated rings. The summed E-state index contributed by atoms with van der Waals surface area (Å²) in [4.78, 5) is 69.8. The van der Waals surface area contributed by atoms with Gasteiger partial charge in [0.1, 0.15) is 18.1 Å². The van der Waals surface area contributed by atoms with Gasteiger partial charge in [-0.25, -0.2) is 4.79 Å². The molecule has 1 heterocycles. The molecule has 0 radical (unpaired) electrons. The Bertz CT molecular complexity index is 696. The summed E-state index contributed by atoms with van der Waals surface area (Å²) < 4.78 is 0. The number of carbonyl (C=O) groups is 6. The topological polar surface area (TPSA) is 211 Å². The Morgan fingerprint density at radius 3 is 1.87 bits per heavy atom. The molecule has 0 aromatic carbocycles. The van der Waals surface area contributed by atoms with E-state index in [1.807, 2.05) is 5.32 Å². The van der Waals surface area contributed by atoms with Gasteiger partial charge < -0.3 is 36.6 Å². The van der Waals surface area contributed by atoms with Crippen molar-refractivity contribution in [3.63, 3.8) is 0 Å². The summed E-state index contributed by atoms with van der Waals surface area (Å²) in [6, 6.07) is -5.18. The van der Waals surface area contributed by atoms with Gasteiger partial charge in [0.15, 0.2) is 0 Å². The Kier molecular flexibility index (Phi) is 10.0. The van der Waals surface area contributed by atoms with E-state index < -0.39 is 72.6 Å². The summed E-state index contributed by atoms with van der Waals surface area (Å²) in [6.07, 6.45) is -0.367. The quantitative estimate of drug-likeness (QED) is 0.143. The van der Waals surface area contributed by atoms with Crippen LogP contribution in [-0.2, 0) is 28.8 Å². The maximum atomic E-state index is 12.5. The first-order chi connectivity index (χ1) is 14.0. The molecule has 0 aromatic heterocycles. The normalized spacial score (nSPS) is 18.5. The van der Waals surface area contributed by atoms with Gasteiger partial charge in [-0.3, -0.25) is 24.0 Å². The van der Waals surface area contributed by atoms with Gasteiger partial charge in [-0.1, -0.05) is 0 Å². The third-order valence-electron chi connectivity index (χ3n) is 4.20. The fraction of sp³-hybridized carbons (Fsp3) is 0.625. The molecular weight excluding hydrogens is 424 g/mol. The highest BCUT2D eigenvalue weighted by Gasteiger charge is 2.32. The summed E-state index contributed by atoms with van der Waals surface area (Å²) in [5.41, 5.74) is 0. The van der Waals surface area contributed by atoms with Crippen molar-refractivity contribution in [2.75, 3.05) is 12.3 Å². The van der Waals surface area contributed by atoms with Crippen LogP contribution in [-0.4, -0.2) is 87.4 Å². The number of hydrogen-bond donors (Lipinski definition) is 8. The van der Waals surface area contributed by atoms with Crippen molar-refractivity contribution in [2.45, 2.75) is 49.9 Å². The summed E-state index contributed by atoms with van der Waals surface area (Å²) in [5, 5.41) is 36.1. The van der Waals surface area contributed by atoms with Crippen molar-refractivity contribution in [1.82, 2.24) is 21.3 Å². The van der Waals surface area contributed by atoms with Crippen molar-refractivity contribution in [3.8, 4) is 0 Å². The number of thiol groups is 1. The lowest BCUT2D eigenvalue weighted by molar-refractivity contribution is -0.147. The molecule has 0 saturated carbocycles. The average Bonchev–Trinajstić information content (AvgIpc) is 3.18. The van der Waals surface area contributed by atoms with E-state index in [2.05, 4.69) is 28.6 Å². The molecule has 4 unspecified atom stereocenters. The van der Waals surface area contributed by atoms with Gasteiger partial charge in [-0.2, -0.15) is 12.6 Å². The van der Waals surface area contributed by atoms with Crippen LogP contribution in [0.1, 0.15) is 25.7 Å². The maximum Gasteiger partial charge on any atom is 0.326 e. The van der Waals surface area contributed by atoms with E-state index >= 15 is 0 Å². The monoisotopic (exact) mass is 448 g/mol. The Balaban J connectivity index is 2.80. The molecule has 14 heteroatoms. The van der Waals surface area contributed by atoms with E-state index in [0.29, 0.717) is 13.0 Å². The Morgan fingerprint density at radius 2 is 1.40 bits per heavy atom. The van der Waals surface area contributed by atoms with Crippen molar-refractivity contribution >= 4 is 48.3 Å². The van der Waals surface area contributed by atoms with Crippen LogP contribution in [0.3, 0.4) is 0 Å². The van der Waals surface area contributed by atoms with Gasteiger partial charge in [0, 0.05) is 5.75 Å². The van der Waals surface area contributed by atoms with Crippen LogP contribution >= 0.6 is 12.6 Å². The second kappa shape index (κ2) is 12.0. The van der Waals surface area contributed by atoms with Gasteiger partial charge in [0.05, 0.1) is 18.9 Å². The van der Waals surface area contributed by atoms with Gasteiger partial charge in [0.25, 0.3) is 0 Å². The van der Waals surface area contributed by atoms with E-state index in [-0.39, 0.29) is 5.75 Å². The van der Waals surface area contributed by atoms with Crippen LogP contribution in [0.2, 0.25) is 0 Å². The molecular formula is C16H24N4O9S. The molecule has 1 aliphatic rings. The molecule has 13 nitrogen and oxygen atoms in total. The van der Waals surface area contributed by atoms with E-state index in [1.165, 1.54) is 0 Å². The highest BCUT2D eigenvalue weighted by molar-refractivity contribution is 7.80. The van der Waals surface area contributed by atoms with Crippen LogP contribution in [0.25, 0.3) is 0 Å². The third kappa shape index (κ3) is 8.24. The highest BCUT2D eigenvalue weighted by atomic mass is 32.1. The molecule has 0 aromatic rings. The highest BCUT2D eigenvalue weighted by Crippen LogP contribution is 2.06. The van der Waals surface area contributed by atoms with Crippen LogP contribution < -0.4 is 21.3 Å². The maximum absolute atomic E-state index is 12.5. The number of carboxylic acid groups (broad SMARTS) is 3. The van der Waals surface area contributed by atoms with Crippen molar-refractivity contribution in [2.24, 2.45) is 0 Å². The second-order valence-corrected chi connectivity index (χ2v) is 6.91. The molecule has 168 valence electrons. The van der Waals surface area contributed by atoms with E-state index in [0.717, 1.165) is 6.42 Å². The Hall–Kier alpha value is -2.87. The molecule has 1 aliphatic heterocycles. The van der Waals surface area contributed by atoms with E-state index in [9.17, 15) is 28.8 Å². The first kappa shape index (κ1) is 25.2. The average molecular weight is 448 g/mol. The lowest BCUT2D eigenvalue weighted by Crippen LogP contribution is -2.58. The summed E-state index contributed by atoms with van der Waals surface area (Å²) >= 11 is 3.90. The fourth-order valence-electron chi connectivity index (χ4n) is 2.68. The summed E-state index contributed by atoms with van der Waals surface area (Å²) in [7, 11) is 0. The van der Waals surface area contributed by atoms with Gasteiger partial charge in [-0.15, -0.1) is 0 Å². The molecule has 0 spiro atoms. The van der Waals surface area contributed by atoms with Crippen LogP contribution in [0.15, 0.2) is 0 Å². The minimum Gasteiger partial charge on any atom is -0.481 e. The minimum atomic E-state index is -1.74. The largest absolute Gasteiger partial charge is 0.481 e. The fourth-order valence-corrected chi connectivity index (χ4v) is 2.94. The molecule has 3 amide bonds. The molecule has 4 atom stereocenters. The van der Waals surface area contributed by atoms with Crippen LogP contribution in [0.5, 0.6) is 0 Å². The van der Waals surface area contributed by atoms with Crippen LogP contribution in [0, 0.1) is 0 Å². The van der Waals surface area contributed by atoms with Crippen molar-refractivity contribution < 1.29 is 44.1 Å². The van der Waals surface area contributed by atoms with Gasteiger partial charge in [-0.05, 0) is 19.4 Å². The number of rotatable bonds is 12. The Labute approximate surface area is 176 Å². The van der Waals surface area contributed by atoms with Gasteiger partial charge >= 0.3 is 17.9 Å². The zero-order valence-corrected chi connectivity index (χ0v) is 16.7. The third-order valence-corrected chi connectivity index (χ3v) is 4.56. The first-order valence-corrected chi connectivity index (χ1v) is 9.60. The minimum absolute atomic E-state index is 0.297. The molecule has 30 heavy (non-hydrogen) atoms. The molecule has 0 aliphatic carbocycles. The zero-order valence-electron chi connectivity index (χ0n) is 15.8. The zero-order chi connectivity index (χ0) is 22.8. The number of hydrogen-bond acceptors (Lipinski definition) is 8. The number of carbonyl (C=O) groups excluding carboxylic acids is 3. The summed E-state index contributed by atoms with van der Waals surface area (Å²) in [6.45, 7) is 0.608. The number of nitrogens with one attached hydrogen (secondary N) is 4. The predicted molar refractivity (Wildman–Crippen MR) is 103 cm³/mol. The molecule has 7 N–H and O–H groups in total. The van der Waals surface area contributed by atoms with Crippen molar-refractivity contribution in [1.29, 1.82) is 0 Å². The molecule has 0 bridgehead atoms. The summed E-state index contributed by atoms with van der Waals surface area (Å²) in [5.74, 6) is -7.28. The Morgan fingerprint density at radius 1 is 0.867 bits per heavy atom. The van der Waals surface area contributed by atoms with Crippen molar-refractivity contribution in [3.05, 3.63) is 0 Å².